The highest BCUT2D eigenvalue weighted by Crippen LogP contribution is 2.33. The van der Waals surface area contributed by atoms with Crippen LogP contribution in [0.25, 0.3) is 0 Å². The predicted octanol–water partition coefficient (Wildman–Crippen LogP) is 4.12. The molecule has 1 amide bonds. The van der Waals surface area contributed by atoms with Crippen molar-refractivity contribution >= 4 is 23.3 Å². The first-order chi connectivity index (χ1) is 15.1. The monoisotopic (exact) mass is 416 g/mol. The molecule has 3 aromatic carbocycles. The molecule has 0 heterocycles. The van der Waals surface area contributed by atoms with E-state index in [0.29, 0.717) is 25.0 Å². The Morgan fingerprint density at radius 2 is 1.58 bits per heavy atom. The second-order valence-corrected chi connectivity index (χ2v) is 7.50. The summed E-state index contributed by atoms with van der Waals surface area (Å²) < 4.78 is 5.43. The van der Waals surface area contributed by atoms with E-state index in [-0.39, 0.29) is 18.4 Å². The van der Waals surface area contributed by atoms with Crippen molar-refractivity contribution in [1.29, 1.82) is 0 Å². The van der Waals surface area contributed by atoms with E-state index in [0.717, 1.165) is 22.5 Å². The number of amides is 1. The third-order valence-electron chi connectivity index (χ3n) is 5.41. The fourth-order valence-corrected chi connectivity index (χ4v) is 3.90. The summed E-state index contributed by atoms with van der Waals surface area (Å²) in [6.45, 7) is -0.372. The van der Waals surface area contributed by atoms with Gasteiger partial charge in [0.25, 0.3) is 0 Å². The molecule has 0 bridgehead atoms. The molecule has 1 aliphatic rings. The summed E-state index contributed by atoms with van der Waals surface area (Å²) in [6.07, 6.45) is 1.92. The van der Waals surface area contributed by atoms with Gasteiger partial charge in [-0.2, -0.15) is 0 Å². The number of hydrazine groups is 1. The van der Waals surface area contributed by atoms with Crippen LogP contribution in [0.2, 0.25) is 0 Å². The smallest absolute Gasteiger partial charge is 0.341 e. The van der Waals surface area contributed by atoms with Gasteiger partial charge in [-0.15, -0.1) is 0 Å². The first kappa shape index (κ1) is 20.5. The number of fused-ring (bicyclic) bond motifs is 1. The molecule has 0 aromatic heterocycles. The van der Waals surface area contributed by atoms with Crippen LogP contribution >= 0.6 is 0 Å². The number of hydrogen-bond acceptors (Lipinski definition) is 4. The first-order valence-electron chi connectivity index (χ1n) is 10.3. The first-order valence-corrected chi connectivity index (χ1v) is 10.3. The molecule has 3 aromatic rings. The lowest BCUT2D eigenvalue weighted by Crippen LogP contribution is -2.43. The van der Waals surface area contributed by atoms with E-state index < -0.39 is 5.97 Å². The van der Waals surface area contributed by atoms with Crippen LogP contribution in [-0.4, -0.2) is 23.6 Å². The fourth-order valence-electron chi connectivity index (χ4n) is 3.90. The number of carboxylic acids is 1. The van der Waals surface area contributed by atoms with E-state index in [9.17, 15) is 9.59 Å². The highest BCUT2D eigenvalue weighted by atomic mass is 16.5. The average Bonchev–Trinajstić information content (AvgIpc) is 2.81. The van der Waals surface area contributed by atoms with Gasteiger partial charge in [-0.05, 0) is 60.7 Å². The number of benzene rings is 3. The van der Waals surface area contributed by atoms with Gasteiger partial charge in [0.05, 0.1) is 11.4 Å². The second-order valence-electron chi connectivity index (χ2n) is 7.50. The van der Waals surface area contributed by atoms with E-state index in [1.807, 2.05) is 77.8 Å². The van der Waals surface area contributed by atoms with E-state index in [1.54, 1.807) is 6.07 Å². The molecule has 1 aliphatic carbocycles. The summed E-state index contributed by atoms with van der Waals surface area (Å²) in [7, 11) is 0. The van der Waals surface area contributed by atoms with Crippen LogP contribution in [0.5, 0.6) is 5.75 Å². The van der Waals surface area contributed by atoms with E-state index in [2.05, 4.69) is 5.43 Å². The van der Waals surface area contributed by atoms with Crippen molar-refractivity contribution in [2.75, 3.05) is 11.6 Å². The number of carboxylic acid groups (broad SMARTS) is 1. The van der Waals surface area contributed by atoms with Crippen molar-refractivity contribution in [2.45, 2.75) is 19.3 Å². The second kappa shape index (κ2) is 9.34. The molecule has 0 aliphatic heterocycles. The van der Waals surface area contributed by atoms with Crippen molar-refractivity contribution in [3.63, 3.8) is 0 Å². The van der Waals surface area contributed by atoms with Gasteiger partial charge in [0.1, 0.15) is 5.75 Å². The van der Waals surface area contributed by atoms with Gasteiger partial charge in [-0.3, -0.25) is 15.2 Å². The number of nitrogens with one attached hydrogen (secondary N) is 1. The molecular weight excluding hydrogens is 392 g/mol. The summed E-state index contributed by atoms with van der Waals surface area (Å²) in [5, 5.41) is 10.7. The molecule has 2 N–H and O–H groups in total. The summed E-state index contributed by atoms with van der Waals surface area (Å²) >= 11 is 0. The van der Waals surface area contributed by atoms with Crippen LogP contribution in [-0.2, 0) is 22.4 Å². The Morgan fingerprint density at radius 1 is 0.935 bits per heavy atom. The van der Waals surface area contributed by atoms with Crippen molar-refractivity contribution in [1.82, 2.24) is 5.43 Å². The molecule has 0 saturated heterocycles. The van der Waals surface area contributed by atoms with Crippen LogP contribution in [0.4, 0.5) is 11.4 Å². The average molecular weight is 416 g/mol. The number of carbonyl (C=O) groups excluding carboxylic acids is 1. The van der Waals surface area contributed by atoms with Gasteiger partial charge in [-0.1, -0.05) is 48.5 Å². The SMILES string of the molecule is O=C(O)COc1cccc2c1CCC(C(=O)NN(c1ccccc1)c1ccccc1)C2. The Bertz CT molecular complexity index is 1010. The number of ether oxygens (including phenoxy) is 1. The summed E-state index contributed by atoms with van der Waals surface area (Å²) in [6, 6.07) is 25.1. The molecule has 0 radical (unpaired) electrons. The number of hydrogen-bond donors (Lipinski definition) is 2. The Labute approximate surface area is 181 Å². The maximum Gasteiger partial charge on any atom is 0.341 e. The van der Waals surface area contributed by atoms with E-state index >= 15 is 0 Å². The third-order valence-corrected chi connectivity index (χ3v) is 5.41. The number of para-hydroxylation sites is 2. The number of aliphatic carboxylic acids is 1. The van der Waals surface area contributed by atoms with Crippen LogP contribution in [0.15, 0.2) is 78.9 Å². The van der Waals surface area contributed by atoms with Crippen LogP contribution in [0.3, 0.4) is 0 Å². The molecule has 4 rings (SSSR count). The molecule has 6 nitrogen and oxygen atoms in total. The van der Waals surface area contributed by atoms with Gasteiger partial charge in [0, 0.05) is 5.92 Å². The zero-order chi connectivity index (χ0) is 21.6. The van der Waals surface area contributed by atoms with Gasteiger partial charge in [-0.25, -0.2) is 4.79 Å². The summed E-state index contributed by atoms with van der Waals surface area (Å²) in [5.74, 6) is -0.645. The highest BCUT2D eigenvalue weighted by Gasteiger charge is 2.28. The van der Waals surface area contributed by atoms with Crippen LogP contribution in [0, 0.1) is 5.92 Å². The van der Waals surface area contributed by atoms with Crippen molar-refractivity contribution < 1.29 is 19.4 Å². The summed E-state index contributed by atoms with van der Waals surface area (Å²) in [5.41, 5.74) is 6.87. The van der Waals surface area contributed by atoms with Crippen LogP contribution < -0.4 is 15.2 Å². The normalized spacial score (nSPS) is 14.9. The molecule has 6 heteroatoms. The summed E-state index contributed by atoms with van der Waals surface area (Å²) in [4.78, 5) is 24.0. The molecule has 158 valence electrons. The lowest BCUT2D eigenvalue weighted by Gasteiger charge is -2.30. The van der Waals surface area contributed by atoms with E-state index in [4.69, 9.17) is 9.84 Å². The van der Waals surface area contributed by atoms with Crippen molar-refractivity contribution in [3.8, 4) is 5.75 Å². The molecule has 0 spiro atoms. The Morgan fingerprint density at radius 3 is 2.19 bits per heavy atom. The molecule has 1 atom stereocenters. The van der Waals surface area contributed by atoms with Gasteiger partial charge in [0.15, 0.2) is 6.61 Å². The van der Waals surface area contributed by atoms with Crippen molar-refractivity contribution in [2.24, 2.45) is 5.92 Å². The lowest BCUT2D eigenvalue weighted by atomic mass is 9.83. The van der Waals surface area contributed by atoms with Gasteiger partial charge >= 0.3 is 5.97 Å². The molecule has 0 saturated carbocycles. The largest absolute Gasteiger partial charge is 0.482 e. The topological polar surface area (TPSA) is 78.9 Å². The predicted molar refractivity (Wildman–Crippen MR) is 118 cm³/mol. The van der Waals surface area contributed by atoms with Crippen LogP contribution in [0.1, 0.15) is 17.5 Å². The fraction of sp³-hybridized carbons (Fsp3) is 0.200. The maximum absolute atomic E-state index is 13.2. The molecule has 31 heavy (non-hydrogen) atoms. The number of nitrogens with zero attached hydrogens (tertiary/aromatic N) is 1. The van der Waals surface area contributed by atoms with Gasteiger partial charge in [0.2, 0.25) is 5.91 Å². The molecular formula is C25H24N2O4. The Kier molecular flexibility index (Phi) is 6.17. The molecule has 0 fully saturated rings. The quantitative estimate of drug-likeness (QED) is 0.567. The van der Waals surface area contributed by atoms with E-state index in [1.165, 1.54) is 0 Å². The Hall–Kier alpha value is -3.80. The Balaban J connectivity index is 1.51. The number of carbonyl (C=O) groups is 2. The zero-order valence-corrected chi connectivity index (χ0v) is 17.0. The maximum atomic E-state index is 13.2. The van der Waals surface area contributed by atoms with Crippen molar-refractivity contribution in [3.05, 3.63) is 90.0 Å². The molecule has 1 unspecified atom stereocenters. The number of anilines is 2. The lowest BCUT2D eigenvalue weighted by molar-refractivity contribution is -0.139. The number of rotatable bonds is 7. The minimum atomic E-state index is -1.01. The zero-order valence-electron chi connectivity index (χ0n) is 17.0. The standard InChI is InChI=1S/C25H24N2O4/c28-24(29)17-31-23-13-7-8-18-16-19(14-15-22(18)23)25(30)26-27(20-9-3-1-4-10-20)21-11-5-2-6-12-21/h1-13,19H,14-17H2,(H,26,30)(H,28,29). The van der Waals surface area contributed by atoms with Gasteiger partial charge < -0.3 is 9.84 Å². The third kappa shape index (κ3) is 4.86. The minimum Gasteiger partial charge on any atom is -0.482 e. The highest BCUT2D eigenvalue weighted by molar-refractivity contribution is 5.83. The minimum absolute atomic E-state index is 0.0461.